The van der Waals surface area contributed by atoms with Crippen LogP contribution in [-0.4, -0.2) is 62.1 Å². The van der Waals surface area contributed by atoms with Gasteiger partial charge in [0.05, 0.1) is 12.8 Å². The molecular formula is C23H31N3O2. The summed E-state index contributed by atoms with van der Waals surface area (Å²) in [4.78, 5) is 19.4. The average molecular weight is 382 g/mol. The predicted octanol–water partition coefficient (Wildman–Crippen LogP) is 3.26. The first-order valence-electron chi connectivity index (χ1n) is 10.1. The summed E-state index contributed by atoms with van der Waals surface area (Å²) in [5, 5.41) is 0. The zero-order valence-electron chi connectivity index (χ0n) is 17.0. The van der Waals surface area contributed by atoms with Crippen molar-refractivity contribution in [3.8, 4) is 5.75 Å². The third kappa shape index (κ3) is 5.26. The molecule has 0 aliphatic carbocycles. The second-order valence-corrected chi connectivity index (χ2v) is 7.14. The Morgan fingerprint density at radius 2 is 1.68 bits per heavy atom. The molecule has 1 saturated heterocycles. The molecule has 1 amide bonds. The van der Waals surface area contributed by atoms with Gasteiger partial charge in [-0.3, -0.25) is 9.69 Å². The molecule has 0 saturated carbocycles. The van der Waals surface area contributed by atoms with Gasteiger partial charge < -0.3 is 14.5 Å². The van der Waals surface area contributed by atoms with Crippen LogP contribution in [0.2, 0.25) is 0 Å². The molecular weight excluding hydrogens is 350 g/mol. The van der Waals surface area contributed by atoms with E-state index in [0.717, 1.165) is 50.7 Å². The Kier molecular flexibility index (Phi) is 7.31. The van der Waals surface area contributed by atoms with Gasteiger partial charge in [-0.1, -0.05) is 42.5 Å². The molecule has 1 aliphatic heterocycles. The van der Waals surface area contributed by atoms with Crippen LogP contribution in [0.1, 0.15) is 18.9 Å². The highest BCUT2D eigenvalue weighted by molar-refractivity contribution is 5.76. The second kappa shape index (κ2) is 10.1. The molecule has 1 aliphatic rings. The molecule has 1 heterocycles. The minimum absolute atomic E-state index is 0.235. The molecule has 0 unspecified atom stereocenters. The maximum atomic E-state index is 12.7. The smallest absolute Gasteiger partial charge is 0.224 e. The quantitative estimate of drug-likeness (QED) is 0.703. The molecule has 1 fully saturated rings. The van der Waals surface area contributed by atoms with E-state index in [1.807, 2.05) is 42.2 Å². The van der Waals surface area contributed by atoms with E-state index in [-0.39, 0.29) is 5.91 Å². The largest absolute Gasteiger partial charge is 0.495 e. The maximum Gasteiger partial charge on any atom is 0.224 e. The van der Waals surface area contributed by atoms with E-state index in [1.54, 1.807) is 7.11 Å². The van der Waals surface area contributed by atoms with Crippen LogP contribution in [0.15, 0.2) is 54.6 Å². The first-order valence-corrected chi connectivity index (χ1v) is 10.1. The van der Waals surface area contributed by atoms with Crippen molar-refractivity contribution in [3.05, 3.63) is 60.2 Å². The van der Waals surface area contributed by atoms with Crippen LogP contribution in [0.25, 0.3) is 0 Å². The summed E-state index contributed by atoms with van der Waals surface area (Å²) in [5.74, 6) is 1.16. The fraction of sp³-hybridized carbons (Fsp3) is 0.435. The Balaban J connectivity index is 1.46. The van der Waals surface area contributed by atoms with Crippen molar-refractivity contribution in [2.45, 2.75) is 19.9 Å². The van der Waals surface area contributed by atoms with Crippen LogP contribution in [0, 0.1) is 0 Å². The van der Waals surface area contributed by atoms with Gasteiger partial charge in [0, 0.05) is 52.2 Å². The molecule has 150 valence electrons. The van der Waals surface area contributed by atoms with E-state index in [1.165, 1.54) is 5.56 Å². The Morgan fingerprint density at radius 1 is 1.00 bits per heavy atom. The summed E-state index contributed by atoms with van der Waals surface area (Å²) in [6, 6.07) is 18.4. The molecule has 0 radical (unpaired) electrons. The van der Waals surface area contributed by atoms with Gasteiger partial charge in [0.25, 0.3) is 0 Å². The number of hydrogen-bond donors (Lipinski definition) is 0. The van der Waals surface area contributed by atoms with Crippen LogP contribution in [0.4, 0.5) is 5.69 Å². The summed E-state index contributed by atoms with van der Waals surface area (Å²) >= 11 is 0. The number of para-hydroxylation sites is 2. The third-order valence-corrected chi connectivity index (χ3v) is 5.39. The number of methoxy groups -OCH3 is 1. The lowest BCUT2D eigenvalue weighted by Gasteiger charge is -2.36. The van der Waals surface area contributed by atoms with Gasteiger partial charge in [-0.25, -0.2) is 0 Å². The lowest BCUT2D eigenvalue weighted by Crippen LogP contribution is -2.47. The minimum Gasteiger partial charge on any atom is -0.495 e. The van der Waals surface area contributed by atoms with Crippen LogP contribution in [-0.2, 0) is 11.3 Å². The van der Waals surface area contributed by atoms with Gasteiger partial charge in [0.1, 0.15) is 5.75 Å². The van der Waals surface area contributed by atoms with E-state index in [4.69, 9.17) is 4.74 Å². The molecule has 2 aromatic carbocycles. The molecule has 5 heteroatoms. The standard InChI is InChI=1S/C23H31N3O2/c1-3-25(19-20-9-5-4-6-10-20)23(27)13-14-24-15-17-26(18-16-24)21-11-7-8-12-22(21)28-2/h4-12H,3,13-19H2,1-2H3. The molecule has 3 rings (SSSR count). The van der Waals surface area contributed by atoms with Crippen LogP contribution in [0.3, 0.4) is 0 Å². The van der Waals surface area contributed by atoms with Crippen molar-refractivity contribution >= 4 is 11.6 Å². The van der Waals surface area contributed by atoms with Gasteiger partial charge in [0.2, 0.25) is 5.91 Å². The Bertz CT molecular complexity index is 743. The second-order valence-electron chi connectivity index (χ2n) is 7.14. The van der Waals surface area contributed by atoms with Crippen molar-refractivity contribution < 1.29 is 9.53 Å². The first-order chi connectivity index (χ1) is 13.7. The molecule has 5 nitrogen and oxygen atoms in total. The van der Waals surface area contributed by atoms with E-state index in [9.17, 15) is 4.79 Å². The first kappa shape index (κ1) is 20.2. The van der Waals surface area contributed by atoms with Crippen molar-refractivity contribution in [2.24, 2.45) is 0 Å². The lowest BCUT2D eigenvalue weighted by atomic mass is 10.2. The fourth-order valence-electron chi connectivity index (χ4n) is 3.70. The minimum atomic E-state index is 0.235. The number of hydrogen-bond acceptors (Lipinski definition) is 4. The van der Waals surface area contributed by atoms with Crippen molar-refractivity contribution in [2.75, 3.05) is 51.3 Å². The maximum absolute atomic E-state index is 12.7. The number of anilines is 1. The number of benzene rings is 2. The highest BCUT2D eigenvalue weighted by atomic mass is 16.5. The van der Waals surface area contributed by atoms with E-state index < -0.39 is 0 Å². The molecule has 0 aromatic heterocycles. The van der Waals surface area contributed by atoms with Crippen LogP contribution in [0.5, 0.6) is 5.75 Å². The summed E-state index contributed by atoms with van der Waals surface area (Å²) < 4.78 is 5.49. The van der Waals surface area contributed by atoms with Crippen molar-refractivity contribution in [1.82, 2.24) is 9.80 Å². The number of nitrogens with zero attached hydrogens (tertiary/aromatic N) is 3. The number of rotatable bonds is 8. The predicted molar refractivity (Wildman–Crippen MR) is 114 cm³/mol. The average Bonchev–Trinajstić information content (AvgIpc) is 2.77. The molecule has 0 atom stereocenters. The number of carbonyl (C=O) groups excluding carboxylic acids is 1. The van der Waals surface area contributed by atoms with Crippen molar-refractivity contribution in [1.29, 1.82) is 0 Å². The summed E-state index contributed by atoms with van der Waals surface area (Å²) in [6.45, 7) is 8.15. The number of ether oxygens (including phenoxy) is 1. The Labute approximate surface area is 168 Å². The van der Waals surface area contributed by atoms with Gasteiger partial charge in [-0.2, -0.15) is 0 Å². The van der Waals surface area contributed by atoms with E-state index in [0.29, 0.717) is 13.0 Å². The van der Waals surface area contributed by atoms with Crippen LogP contribution < -0.4 is 9.64 Å². The Hall–Kier alpha value is -2.53. The van der Waals surface area contributed by atoms with Crippen LogP contribution >= 0.6 is 0 Å². The summed E-state index contributed by atoms with van der Waals surface area (Å²) in [7, 11) is 1.72. The SMILES string of the molecule is CCN(Cc1ccccc1)C(=O)CCN1CCN(c2ccccc2OC)CC1. The normalized spacial score (nSPS) is 14.7. The van der Waals surface area contributed by atoms with Gasteiger partial charge in [-0.15, -0.1) is 0 Å². The lowest BCUT2D eigenvalue weighted by molar-refractivity contribution is -0.132. The van der Waals surface area contributed by atoms with Gasteiger partial charge in [-0.05, 0) is 24.6 Å². The highest BCUT2D eigenvalue weighted by Crippen LogP contribution is 2.28. The zero-order valence-corrected chi connectivity index (χ0v) is 17.0. The molecule has 0 N–H and O–H groups in total. The highest BCUT2D eigenvalue weighted by Gasteiger charge is 2.21. The summed E-state index contributed by atoms with van der Waals surface area (Å²) in [6.07, 6.45) is 0.579. The number of piperazine rings is 1. The van der Waals surface area contributed by atoms with Gasteiger partial charge >= 0.3 is 0 Å². The Morgan fingerprint density at radius 3 is 2.36 bits per heavy atom. The molecule has 2 aromatic rings. The third-order valence-electron chi connectivity index (χ3n) is 5.39. The molecule has 0 bridgehead atoms. The summed E-state index contributed by atoms with van der Waals surface area (Å²) in [5.41, 5.74) is 2.34. The van der Waals surface area contributed by atoms with E-state index >= 15 is 0 Å². The number of amides is 1. The van der Waals surface area contributed by atoms with E-state index in [2.05, 4.69) is 34.1 Å². The monoisotopic (exact) mass is 381 g/mol. The van der Waals surface area contributed by atoms with Crippen molar-refractivity contribution in [3.63, 3.8) is 0 Å². The molecule has 28 heavy (non-hydrogen) atoms. The van der Waals surface area contributed by atoms with Gasteiger partial charge in [0.15, 0.2) is 0 Å². The number of carbonyl (C=O) groups is 1. The fourth-order valence-corrected chi connectivity index (χ4v) is 3.70. The molecule has 0 spiro atoms. The topological polar surface area (TPSA) is 36.0 Å². The zero-order chi connectivity index (χ0) is 19.8.